The molecule has 1 aromatic carbocycles. The van der Waals surface area contributed by atoms with Crippen LogP contribution >= 0.6 is 0 Å². The molecular weight excluding hydrogens is 673 g/mol. The van der Waals surface area contributed by atoms with Crippen LogP contribution in [0.25, 0.3) is 0 Å². The Kier molecular flexibility index (Phi) is 13.1. The van der Waals surface area contributed by atoms with Crippen LogP contribution in [0.4, 0.5) is 0 Å². The van der Waals surface area contributed by atoms with Gasteiger partial charge < -0.3 is 23.1 Å². The van der Waals surface area contributed by atoms with E-state index in [-0.39, 0.29) is 64.2 Å². The molecule has 1 aliphatic heterocycles. The lowest BCUT2D eigenvalue weighted by molar-refractivity contribution is -0.164. The Bertz CT molecular complexity index is 1450. The standard InChI is InChI=1S/C42H68O7Si2/c1-15-35(46-36-22-27(2)16-17-29(36)4)40(44)47-37-25-32(48-50(11,12)41(5,6)7)23-30-19-18-28(3)34(39(30)37)21-20-31-24-33(26-38(43)45-31)49-51(13,14)42(8,9)10/h16-19,22-23,28,31-35,37,39H,15,20-21,24-26H2,1-14H3/t28?,31-,32?,33-,34?,35+,37?,39?/m1/s1. The maximum absolute atomic E-state index is 14.0. The lowest BCUT2D eigenvalue weighted by Gasteiger charge is -2.46. The normalized spacial score (nSPS) is 28.0. The van der Waals surface area contributed by atoms with Crippen molar-refractivity contribution < 1.29 is 32.7 Å². The van der Waals surface area contributed by atoms with Crippen LogP contribution in [0.5, 0.6) is 5.75 Å². The van der Waals surface area contributed by atoms with E-state index >= 15 is 0 Å². The first-order chi connectivity index (χ1) is 23.5. The number of esters is 2. The monoisotopic (exact) mass is 740 g/mol. The highest BCUT2D eigenvalue weighted by Crippen LogP contribution is 2.47. The molecule has 5 unspecified atom stereocenters. The van der Waals surface area contributed by atoms with E-state index in [4.69, 9.17) is 23.1 Å². The number of ether oxygens (including phenoxy) is 3. The number of carbonyl (C=O) groups excluding carboxylic acids is 2. The molecule has 8 atom stereocenters. The minimum absolute atomic E-state index is 0.00463. The van der Waals surface area contributed by atoms with E-state index in [2.05, 4.69) is 92.9 Å². The number of allylic oxidation sites excluding steroid dienone is 2. The number of aryl methyl sites for hydroxylation is 2. The number of rotatable bonds is 12. The molecule has 7 nitrogen and oxygen atoms in total. The molecule has 0 aromatic heterocycles. The molecule has 1 fully saturated rings. The molecule has 0 N–H and O–H groups in total. The summed E-state index contributed by atoms with van der Waals surface area (Å²) in [5.74, 6) is 0.684. The summed E-state index contributed by atoms with van der Waals surface area (Å²) in [6.45, 7) is 30.7. The Labute approximate surface area is 311 Å². The van der Waals surface area contributed by atoms with E-state index < -0.39 is 22.7 Å². The summed E-state index contributed by atoms with van der Waals surface area (Å²) < 4.78 is 32.5. The Morgan fingerprint density at radius 1 is 0.961 bits per heavy atom. The van der Waals surface area contributed by atoms with Gasteiger partial charge in [-0.15, -0.1) is 0 Å². The van der Waals surface area contributed by atoms with Crippen LogP contribution in [0.3, 0.4) is 0 Å². The quantitative estimate of drug-likeness (QED) is 0.156. The second kappa shape index (κ2) is 16.0. The fourth-order valence-electron chi connectivity index (χ4n) is 7.20. The molecule has 1 saturated heterocycles. The number of hydrogen-bond donors (Lipinski definition) is 0. The lowest BCUT2D eigenvalue weighted by Crippen LogP contribution is -2.49. The third-order valence-corrected chi connectivity index (χ3v) is 21.5. The summed E-state index contributed by atoms with van der Waals surface area (Å²) in [7, 11) is -4.15. The van der Waals surface area contributed by atoms with E-state index in [1.54, 1.807) is 0 Å². The molecule has 3 aliphatic rings. The maximum Gasteiger partial charge on any atom is 0.347 e. The number of cyclic esters (lactones) is 1. The van der Waals surface area contributed by atoms with E-state index in [0.717, 1.165) is 30.4 Å². The topological polar surface area (TPSA) is 80.3 Å². The minimum Gasteiger partial charge on any atom is -0.478 e. The van der Waals surface area contributed by atoms with Gasteiger partial charge in [-0.3, -0.25) is 4.79 Å². The van der Waals surface area contributed by atoms with Crippen molar-refractivity contribution in [2.45, 2.75) is 175 Å². The summed E-state index contributed by atoms with van der Waals surface area (Å²) in [4.78, 5) is 26.9. The van der Waals surface area contributed by atoms with Gasteiger partial charge in [0.2, 0.25) is 0 Å². The summed E-state index contributed by atoms with van der Waals surface area (Å²) in [6.07, 6.45) is 8.98. The van der Waals surface area contributed by atoms with E-state index in [1.165, 1.54) is 5.57 Å². The SMILES string of the molecule is CC[C@H](Oc1cc(C)ccc1C)C(=O)OC1CC(O[Si](C)(C)C(C)(C)C)C=C2C=CC(C)C(CC[C@@H]3C[C@@H](O[Si](C)(C)C(C)(C)C)CC(=O)O3)C21. The van der Waals surface area contributed by atoms with Gasteiger partial charge in [0, 0.05) is 18.8 Å². The zero-order valence-corrected chi connectivity index (χ0v) is 36.2. The van der Waals surface area contributed by atoms with Crippen molar-refractivity contribution >= 4 is 28.6 Å². The lowest BCUT2D eigenvalue weighted by atomic mass is 9.66. The predicted molar refractivity (Wildman–Crippen MR) is 211 cm³/mol. The second-order valence-corrected chi connectivity index (χ2v) is 28.1. The van der Waals surface area contributed by atoms with Crippen LogP contribution in [-0.4, -0.2) is 59.1 Å². The van der Waals surface area contributed by atoms with Crippen LogP contribution in [0.2, 0.25) is 36.3 Å². The van der Waals surface area contributed by atoms with Gasteiger partial charge in [-0.2, -0.15) is 0 Å². The van der Waals surface area contributed by atoms with E-state index in [0.29, 0.717) is 25.0 Å². The Morgan fingerprint density at radius 2 is 1.61 bits per heavy atom. The van der Waals surface area contributed by atoms with Gasteiger partial charge in [0.25, 0.3) is 0 Å². The Hall–Kier alpha value is -2.21. The number of carbonyl (C=O) groups is 2. The molecular formula is C42H68O7Si2. The van der Waals surface area contributed by atoms with Crippen LogP contribution < -0.4 is 4.74 Å². The van der Waals surface area contributed by atoms with E-state index in [1.807, 2.05) is 39.0 Å². The fourth-order valence-corrected chi connectivity index (χ4v) is 9.84. The van der Waals surface area contributed by atoms with Crippen LogP contribution in [0, 0.1) is 31.6 Å². The van der Waals surface area contributed by atoms with Crippen molar-refractivity contribution in [3.05, 3.63) is 53.1 Å². The van der Waals surface area contributed by atoms with Crippen molar-refractivity contribution in [3.63, 3.8) is 0 Å². The molecule has 0 radical (unpaired) electrons. The van der Waals surface area contributed by atoms with Gasteiger partial charge >= 0.3 is 11.9 Å². The maximum atomic E-state index is 14.0. The predicted octanol–water partition coefficient (Wildman–Crippen LogP) is 10.4. The molecule has 9 heteroatoms. The zero-order chi connectivity index (χ0) is 38.1. The Morgan fingerprint density at radius 3 is 2.24 bits per heavy atom. The van der Waals surface area contributed by atoms with Crippen LogP contribution in [0.1, 0.15) is 105 Å². The average molecular weight is 741 g/mol. The molecule has 1 heterocycles. The third kappa shape index (κ3) is 10.3. The highest BCUT2D eigenvalue weighted by Gasteiger charge is 2.47. The summed E-state index contributed by atoms with van der Waals surface area (Å²) in [6, 6.07) is 6.06. The molecule has 2 aliphatic carbocycles. The van der Waals surface area contributed by atoms with Gasteiger partial charge in [0.15, 0.2) is 22.7 Å². The molecule has 0 spiro atoms. The molecule has 286 valence electrons. The van der Waals surface area contributed by atoms with Crippen molar-refractivity contribution in [1.82, 2.24) is 0 Å². The van der Waals surface area contributed by atoms with Crippen molar-refractivity contribution in [2.24, 2.45) is 17.8 Å². The van der Waals surface area contributed by atoms with Gasteiger partial charge in [0.05, 0.1) is 18.6 Å². The van der Waals surface area contributed by atoms with Crippen molar-refractivity contribution in [1.29, 1.82) is 0 Å². The zero-order valence-electron chi connectivity index (χ0n) is 34.2. The first kappa shape index (κ1) is 41.5. The number of fused-ring (bicyclic) bond motifs is 1. The summed E-state index contributed by atoms with van der Waals surface area (Å²) in [5.41, 5.74) is 3.25. The Balaban J connectivity index is 1.58. The first-order valence-corrected chi connectivity index (χ1v) is 25.2. The smallest absolute Gasteiger partial charge is 0.347 e. The summed E-state index contributed by atoms with van der Waals surface area (Å²) >= 11 is 0. The third-order valence-electron chi connectivity index (χ3n) is 12.4. The largest absolute Gasteiger partial charge is 0.478 e. The molecule has 1 aromatic rings. The molecule has 0 bridgehead atoms. The average Bonchev–Trinajstić information content (AvgIpc) is 2.99. The summed E-state index contributed by atoms with van der Waals surface area (Å²) in [5, 5.41) is 0.112. The van der Waals surface area contributed by atoms with Gasteiger partial charge in [-0.1, -0.05) is 85.8 Å². The van der Waals surface area contributed by atoms with Crippen LogP contribution in [-0.2, 0) is 27.9 Å². The molecule has 0 saturated carbocycles. The van der Waals surface area contributed by atoms with Crippen molar-refractivity contribution in [2.75, 3.05) is 0 Å². The van der Waals surface area contributed by atoms with Crippen LogP contribution in [0.15, 0.2) is 42.0 Å². The second-order valence-electron chi connectivity index (χ2n) is 18.6. The first-order valence-electron chi connectivity index (χ1n) is 19.4. The number of benzene rings is 1. The van der Waals surface area contributed by atoms with E-state index in [9.17, 15) is 9.59 Å². The van der Waals surface area contributed by atoms with Gasteiger partial charge in [0.1, 0.15) is 18.0 Å². The molecule has 4 rings (SSSR count). The van der Waals surface area contributed by atoms with Gasteiger partial charge in [-0.25, -0.2) is 4.79 Å². The highest BCUT2D eigenvalue weighted by atomic mass is 28.4. The minimum atomic E-state index is -2.11. The molecule has 0 amide bonds. The highest BCUT2D eigenvalue weighted by molar-refractivity contribution is 6.74. The van der Waals surface area contributed by atoms with Crippen molar-refractivity contribution in [3.8, 4) is 5.75 Å². The molecule has 51 heavy (non-hydrogen) atoms. The number of hydrogen-bond acceptors (Lipinski definition) is 7. The van der Waals surface area contributed by atoms with Gasteiger partial charge in [-0.05, 0) is 104 Å². The fraction of sp³-hybridized carbons (Fsp3) is 0.714.